The van der Waals surface area contributed by atoms with Crippen molar-refractivity contribution >= 4 is 5.91 Å². The molecule has 2 aromatic rings. The third kappa shape index (κ3) is 3.18. The number of hydrogen-bond donors (Lipinski definition) is 1. The van der Waals surface area contributed by atoms with Gasteiger partial charge in [0.1, 0.15) is 0 Å². The minimum absolute atomic E-state index is 0.0835. The van der Waals surface area contributed by atoms with Gasteiger partial charge >= 0.3 is 0 Å². The number of hydrogen-bond acceptors (Lipinski definition) is 4. The molecule has 7 heteroatoms. The average molecular weight is 355 g/mol. The summed E-state index contributed by atoms with van der Waals surface area (Å²) >= 11 is 0. The molecule has 0 bridgehead atoms. The summed E-state index contributed by atoms with van der Waals surface area (Å²) in [6, 6.07) is 3.74. The van der Waals surface area contributed by atoms with Crippen LogP contribution in [-0.4, -0.2) is 42.9 Å². The molecule has 0 aliphatic heterocycles. The number of rotatable bonds is 4. The number of carbonyl (C=O) groups excluding carboxylic acids is 1. The zero-order valence-corrected chi connectivity index (χ0v) is 15.3. The van der Waals surface area contributed by atoms with Crippen molar-refractivity contribution in [3.05, 3.63) is 39.9 Å². The molecule has 2 heterocycles. The van der Waals surface area contributed by atoms with Crippen LogP contribution >= 0.6 is 0 Å². The van der Waals surface area contributed by atoms with Crippen LogP contribution in [0.4, 0.5) is 0 Å². The number of aromatic nitrogens is 4. The van der Waals surface area contributed by atoms with E-state index in [4.69, 9.17) is 0 Å². The zero-order valence-electron chi connectivity index (χ0n) is 15.3. The fraction of sp³-hybridized carbons (Fsp3) is 0.579. The topological polar surface area (TPSA) is 83.9 Å². The van der Waals surface area contributed by atoms with Crippen LogP contribution in [0.15, 0.2) is 23.1 Å². The number of nitrogens with one attached hydrogen (secondary N) is 1. The van der Waals surface area contributed by atoms with Crippen LogP contribution < -0.4 is 5.56 Å². The Morgan fingerprint density at radius 3 is 2.38 bits per heavy atom. The molecule has 0 unspecified atom stereocenters. The molecular weight excluding hydrogens is 330 g/mol. The van der Waals surface area contributed by atoms with Gasteiger partial charge in [-0.05, 0) is 57.4 Å². The molecule has 0 spiro atoms. The van der Waals surface area contributed by atoms with E-state index in [0.29, 0.717) is 23.5 Å². The molecule has 138 valence electrons. The van der Waals surface area contributed by atoms with E-state index in [-0.39, 0.29) is 11.5 Å². The first-order valence-corrected chi connectivity index (χ1v) is 9.48. The smallest absolute Gasteiger partial charge is 0.264 e. The fourth-order valence-corrected chi connectivity index (χ4v) is 3.95. The van der Waals surface area contributed by atoms with Gasteiger partial charge in [-0.15, -0.1) is 0 Å². The third-order valence-electron chi connectivity index (χ3n) is 5.68. The lowest BCUT2D eigenvalue weighted by Crippen LogP contribution is -2.43. The summed E-state index contributed by atoms with van der Waals surface area (Å²) in [5.74, 6) is 1.35. The van der Waals surface area contributed by atoms with Crippen molar-refractivity contribution in [2.75, 3.05) is 0 Å². The molecule has 1 N–H and O–H groups in total. The van der Waals surface area contributed by atoms with E-state index in [1.54, 1.807) is 16.9 Å². The van der Waals surface area contributed by atoms with Crippen LogP contribution in [0.5, 0.6) is 0 Å². The maximum Gasteiger partial charge on any atom is 0.264 e. The van der Waals surface area contributed by atoms with Crippen molar-refractivity contribution in [2.45, 2.75) is 64.5 Å². The molecule has 0 atom stereocenters. The Balaban J connectivity index is 1.60. The SMILES string of the molecule is Cc1c(C(=O)N(C2CCC(C)CC2)C2CC2)cnn1-c1ccc(=O)[nH]n1. The maximum absolute atomic E-state index is 13.3. The van der Waals surface area contributed by atoms with Gasteiger partial charge in [-0.1, -0.05) is 6.92 Å². The summed E-state index contributed by atoms with van der Waals surface area (Å²) in [6.07, 6.45) is 8.42. The number of nitrogens with zero attached hydrogens (tertiary/aromatic N) is 4. The summed E-state index contributed by atoms with van der Waals surface area (Å²) in [7, 11) is 0. The number of H-pyrrole nitrogens is 1. The summed E-state index contributed by atoms with van der Waals surface area (Å²) in [4.78, 5) is 26.7. The highest BCUT2D eigenvalue weighted by molar-refractivity contribution is 5.95. The molecule has 0 saturated heterocycles. The van der Waals surface area contributed by atoms with Crippen LogP contribution in [0.3, 0.4) is 0 Å². The molecule has 1 amide bonds. The van der Waals surface area contributed by atoms with Gasteiger partial charge in [0, 0.05) is 18.2 Å². The van der Waals surface area contributed by atoms with E-state index in [9.17, 15) is 9.59 Å². The lowest BCUT2D eigenvalue weighted by Gasteiger charge is -2.36. The van der Waals surface area contributed by atoms with E-state index in [1.165, 1.54) is 18.9 Å². The molecule has 0 aromatic carbocycles. The van der Waals surface area contributed by atoms with Crippen LogP contribution in [0.1, 0.15) is 61.5 Å². The number of amides is 1. The van der Waals surface area contributed by atoms with Crippen molar-refractivity contribution in [1.82, 2.24) is 24.9 Å². The largest absolute Gasteiger partial charge is 0.333 e. The first kappa shape index (κ1) is 17.0. The first-order valence-electron chi connectivity index (χ1n) is 9.48. The van der Waals surface area contributed by atoms with Crippen molar-refractivity contribution in [1.29, 1.82) is 0 Å². The highest BCUT2D eigenvalue weighted by Gasteiger charge is 2.39. The Morgan fingerprint density at radius 1 is 1.15 bits per heavy atom. The molecule has 4 rings (SSSR count). The second-order valence-electron chi connectivity index (χ2n) is 7.69. The van der Waals surface area contributed by atoms with Gasteiger partial charge in [-0.3, -0.25) is 9.59 Å². The molecule has 7 nitrogen and oxygen atoms in total. The van der Waals surface area contributed by atoms with Gasteiger partial charge in [-0.25, -0.2) is 9.78 Å². The number of aromatic amines is 1. The van der Waals surface area contributed by atoms with Crippen LogP contribution in [0.25, 0.3) is 5.82 Å². The number of carbonyl (C=O) groups is 1. The van der Waals surface area contributed by atoms with E-state index < -0.39 is 0 Å². The van der Waals surface area contributed by atoms with Crippen molar-refractivity contribution < 1.29 is 4.79 Å². The molecule has 0 radical (unpaired) electrons. The van der Waals surface area contributed by atoms with E-state index in [1.807, 2.05) is 6.92 Å². The van der Waals surface area contributed by atoms with Gasteiger partial charge in [0.25, 0.3) is 11.5 Å². The molecular formula is C19H25N5O2. The lowest BCUT2D eigenvalue weighted by atomic mass is 9.86. The summed E-state index contributed by atoms with van der Waals surface area (Å²) in [5.41, 5.74) is 1.12. The molecule has 2 saturated carbocycles. The molecule has 2 fully saturated rings. The van der Waals surface area contributed by atoms with E-state index in [0.717, 1.165) is 37.3 Å². The average Bonchev–Trinajstić information content (AvgIpc) is 3.39. The molecule has 2 aliphatic rings. The second-order valence-corrected chi connectivity index (χ2v) is 7.69. The maximum atomic E-state index is 13.3. The summed E-state index contributed by atoms with van der Waals surface area (Å²) in [5, 5.41) is 10.8. The third-order valence-corrected chi connectivity index (χ3v) is 5.68. The Morgan fingerprint density at radius 2 is 1.81 bits per heavy atom. The van der Waals surface area contributed by atoms with Gasteiger partial charge < -0.3 is 4.90 Å². The molecule has 2 aliphatic carbocycles. The lowest BCUT2D eigenvalue weighted by molar-refractivity contribution is 0.0592. The minimum Gasteiger partial charge on any atom is -0.333 e. The fourth-order valence-electron chi connectivity index (χ4n) is 3.95. The van der Waals surface area contributed by atoms with Gasteiger partial charge in [-0.2, -0.15) is 10.2 Å². The quantitative estimate of drug-likeness (QED) is 0.913. The zero-order chi connectivity index (χ0) is 18.3. The standard InChI is InChI=1S/C19H25N5O2/c1-12-3-5-14(6-4-12)23(15-7-8-15)19(26)16-11-20-24(13(16)2)17-9-10-18(25)22-21-17/h9-12,14-15H,3-8H2,1-2H3,(H,22,25). The highest BCUT2D eigenvalue weighted by atomic mass is 16.2. The van der Waals surface area contributed by atoms with Crippen LogP contribution in [0, 0.1) is 12.8 Å². The summed E-state index contributed by atoms with van der Waals surface area (Å²) in [6.45, 7) is 4.17. The molecule has 2 aromatic heterocycles. The first-order chi connectivity index (χ1) is 12.5. The minimum atomic E-state index is -0.263. The summed E-state index contributed by atoms with van der Waals surface area (Å²) < 4.78 is 1.61. The second kappa shape index (κ2) is 6.70. The predicted octanol–water partition coefficient (Wildman–Crippen LogP) is 2.45. The van der Waals surface area contributed by atoms with Gasteiger partial charge in [0.05, 0.1) is 17.5 Å². The van der Waals surface area contributed by atoms with Crippen molar-refractivity contribution in [3.63, 3.8) is 0 Å². The molecule has 26 heavy (non-hydrogen) atoms. The van der Waals surface area contributed by atoms with Crippen molar-refractivity contribution in [2.24, 2.45) is 5.92 Å². The van der Waals surface area contributed by atoms with Crippen LogP contribution in [0.2, 0.25) is 0 Å². The van der Waals surface area contributed by atoms with Gasteiger partial charge in [0.2, 0.25) is 0 Å². The Labute approximate surface area is 152 Å². The Bertz CT molecular complexity index is 839. The predicted molar refractivity (Wildman–Crippen MR) is 97.3 cm³/mol. The highest BCUT2D eigenvalue weighted by Crippen LogP contribution is 2.36. The monoisotopic (exact) mass is 355 g/mol. The normalized spacial score (nSPS) is 23.0. The van der Waals surface area contributed by atoms with E-state index >= 15 is 0 Å². The van der Waals surface area contributed by atoms with Gasteiger partial charge in [0.15, 0.2) is 5.82 Å². The van der Waals surface area contributed by atoms with Crippen molar-refractivity contribution in [3.8, 4) is 5.82 Å². The Hall–Kier alpha value is -2.44. The Kier molecular flexibility index (Phi) is 4.38. The van der Waals surface area contributed by atoms with E-state index in [2.05, 4.69) is 27.1 Å². The van der Waals surface area contributed by atoms with Crippen LogP contribution in [-0.2, 0) is 0 Å².